The number of phenolic OH excluding ortho intramolecular Hbond substituents is 1. The number of aliphatic hydroxyl groups is 1. The summed E-state index contributed by atoms with van der Waals surface area (Å²) in [6, 6.07) is 25.2. The quantitative estimate of drug-likeness (QED) is 0.0547. The summed E-state index contributed by atoms with van der Waals surface area (Å²) in [6.07, 6.45) is 4.69. The van der Waals surface area contributed by atoms with Crippen LogP contribution in [-0.2, 0) is 21.8 Å². The van der Waals surface area contributed by atoms with E-state index in [-0.39, 0.29) is 24.6 Å². The van der Waals surface area contributed by atoms with Gasteiger partial charge >= 0.3 is 0 Å². The maximum atomic E-state index is 12.8. The van der Waals surface area contributed by atoms with Crippen LogP contribution < -0.4 is 15.5 Å². The van der Waals surface area contributed by atoms with Crippen LogP contribution in [0.25, 0.3) is 45.1 Å². The molecule has 0 bridgehead atoms. The van der Waals surface area contributed by atoms with Crippen molar-refractivity contribution in [1.82, 2.24) is 0 Å². The number of nitrogens with two attached hydrogens (primary N) is 1. The van der Waals surface area contributed by atoms with Gasteiger partial charge in [-0.15, -0.1) is 4.99 Å². The number of hydrogen-bond donors (Lipinski definition) is 3. The highest BCUT2D eigenvalue weighted by atomic mass is 17.3. The fourth-order valence-corrected chi connectivity index (χ4v) is 5.87. The largest absolute Gasteiger partial charge is 0.508 e. The van der Waals surface area contributed by atoms with E-state index in [1.807, 2.05) is 50.3 Å². The number of aliphatic hydroxyl groups excluding tert-OH is 1. The van der Waals surface area contributed by atoms with Crippen LogP contribution in [0.1, 0.15) is 42.0 Å². The molecule has 0 aliphatic rings. The summed E-state index contributed by atoms with van der Waals surface area (Å²) in [7, 11) is 2.09. The van der Waals surface area contributed by atoms with E-state index in [2.05, 4.69) is 59.1 Å². The first-order valence-electron chi connectivity index (χ1n) is 14.6. The third-order valence-corrected chi connectivity index (χ3v) is 8.09. The van der Waals surface area contributed by atoms with Crippen LogP contribution in [0.15, 0.2) is 78.9 Å². The molecule has 0 saturated heterocycles. The number of phenols is 1. The van der Waals surface area contributed by atoms with E-state index in [9.17, 15) is 15.0 Å². The molecule has 44 heavy (non-hydrogen) atoms. The van der Waals surface area contributed by atoms with Crippen molar-refractivity contribution in [3.05, 3.63) is 101 Å². The van der Waals surface area contributed by atoms with E-state index in [0.717, 1.165) is 55.2 Å². The Kier molecular flexibility index (Phi) is 9.37. The Balaban J connectivity index is 1.64. The Morgan fingerprint density at radius 3 is 2.23 bits per heavy atom. The molecular weight excluding hydrogens is 554 g/mol. The second-order valence-corrected chi connectivity index (χ2v) is 11.1. The standard InChI is InChI=1S/C36H37N3O5/c1-23-20-28(39(44-43-37)25(3)34(42)10-7-19-40)21-24(2)35(23)36-30-8-5-6-9-32(30)38(4)33-22-27(15-18-31(33)36)12-11-26-13-16-29(41)17-14-26/h5-6,8-9,11-18,20-22,25,40H,7,10,19,37H2,1-4H3/p+1. The summed E-state index contributed by atoms with van der Waals surface area (Å²) in [5.41, 5.74) is 9.09. The third kappa shape index (κ3) is 6.20. The lowest BCUT2D eigenvalue weighted by atomic mass is 9.89. The van der Waals surface area contributed by atoms with Crippen molar-refractivity contribution >= 4 is 45.4 Å². The molecule has 0 spiro atoms. The number of Topliss-reactive ketones (excluding diaryl/α,β-unsaturated/α-hetero) is 1. The number of ketones is 1. The Labute approximate surface area is 257 Å². The number of hydrogen-bond acceptors (Lipinski definition) is 7. The topological polar surface area (TPSA) is 109 Å². The third-order valence-electron chi connectivity index (χ3n) is 8.09. The summed E-state index contributed by atoms with van der Waals surface area (Å²) < 4.78 is 2.22. The van der Waals surface area contributed by atoms with Gasteiger partial charge in [-0.05, 0) is 91.4 Å². The molecule has 0 aliphatic heterocycles. The van der Waals surface area contributed by atoms with Gasteiger partial charge in [-0.25, -0.2) is 5.06 Å². The summed E-state index contributed by atoms with van der Waals surface area (Å²) >= 11 is 0. The van der Waals surface area contributed by atoms with Gasteiger partial charge in [0.15, 0.2) is 5.78 Å². The maximum Gasteiger partial charge on any atom is 0.213 e. The van der Waals surface area contributed by atoms with Crippen LogP contribution in [0.4, 0.5) is 5.69 Å². The Hall–Kier alpha value is -4.60. The molecule has 4 aromatic carbocycles. The van der Waals surface area contributed by atoms with Crippen molar-refractivity contribution in [2.45, 2.75) is 39.7 Å². The minimum absolute atomic E-state index is 0.0629. The van der Waals surface area contributed by atoms with Crippen molar-refractivity contribution in [2.24, 2.45) is 12.9 Å². The molecule has 0 amide bonds. The number of nitrogens with zero attached hydrogens (tertiary/aromatic N) is 2. The molecule has 1 aromatic heterocycles. The number of aromatic hydroxyl groups is 1. The molecule has 8 heteroatoms. The SMILES string of the molecule is Cc1cc(N(OON)C(C)C(=O)CCCO)cc(C)c1-c1c2ccccc2[n+](C)c2cc(/C=C/c3ccc(O)cc3)ccc12. The molecule has 5 aromatic rings. The van der Waals surface area contributed by atoms with Gasteiger partial charge in [0.2, 0.25) is 11.0 Å². The van der Waals surface area contributed by atoms with Gasteiger partial charge in [-0.2, -0.15) is 10.5 Å². The lowest BCUT2D eigenvalue weighted by Crippen LogP contribution is -2.40. The van der Waals surface area contributed by atoms with Crippen molar-refractivity contribution < 1.29 is 29.6 Å². The van der Waals surface area contributed by atoms with Gasteiger partial charge in [-0.3, -0.25) is 4.79 Å². The first-order valence-corrected chi connectivity index (χ1v) is 14.6. The number of aryl methyl sites for hydroxylation is 3. The highest BCUT2D eigenvalue weighted by molar-refractivity contribution is 6.09. The van der Waals surface area contributed by atoms with Crippen LogP contribution in [0.2, 0.25) is 0 Å². The molecule has 1 unspecified atom stereocenters. The first kappa shape index (κ1) is 30.8. The number of pyridine rings is 1. The van der Waals surface area contributed by atoms with E-state index < -0.39 is 6.04 Å². The predicted octanol–water partition coefficient (Wildman–Crippen LogP) is 6.25. The van der Waals surface area contributed by atoms with E-state index in [1.165, 1.54) is 5.06 Å². The van der Waals surface area contributed by atoms with E-state index in [1.54, 1.807) is 19.1 Å². The average Bonchev–Trinajstić information content (AvgIpc) is 3.03. The van der Waals surface area contributed by atoms with E-state index >= 15 is 0 Å². The number of carbonyl (C=O) groups excluding carboxylic acids is 1. The molecule has 0 fully saturated rings. The highest BCUT2D eigenvalue weighted by Gasteiger charge is 2.26. The van der Waals surface area contributed by atoms with Gasteiger partial charge in [0.1, 0.15) is 18.8 Å². The summed E-state index contributed by atoms with van der Waals surface area (Å²) in [6.45, 7) is 5.76. The zero-order valence-electron chi connectivity index (χ0n) is 25.4. The number of benzene rings is 4. The minimum Gasteiger partial charge on any atom is -0.508 e. The maximum absolute atomic E-state index is 12.8. The number of aromatic nitrogens is 1. The van der Waals surface area contributed by atoms with Crippen LogP contribution >= 0.6 is 0 Å². The zero-order valence-corrected chi connectivity index (χ0v) is 25.4. The predicted molar refractivity (Wildman–Crippen MR) is 174 cm³/mol. The molecule has 5 rings (SSSR count). The normalized spacial score (nSPS) is 12.3. The zero-order chi connectivity index (χ0) is 31.4. The Morgan fingerprint density at radius 2 is 1.55 bits per heavy atom. The number of anilines is 1. The second kappa shape index (κ2) is 13.4. The minimum atomic E-state index is -0.680. The highest BCUT2D eigenvalue weighted by Crippen LogP contribution is 2.40. The molecule has 226 valence electrons. The second-order valence-electron chi connectivity index (χ2n) is 11.1. The first-order chi connectivity index (χ1) is 21.2. The lowest BCUT2D eigenvalue weighted by molar-refractivity contribution is -0.617. The van der Waals surface area contributed by atoms with E-state index in [0.29, 0.717) is 12.1 Å². The van der Waals surface area contributed by atoms with E-state index in [4.69, 9.17) is 10.9 Å². The molecular formula is C36H38N3O5+. The van der Waals surface area contributed by atoms with Gasteiger partial charge in [0.05, 0.1) is 16.5 Å². The van der Waals surface area contributed by atoms with Gasteiger partial charge in [0, 0.05) is 30.7 Å². The van der Waals surface area contributed by atoms with Crippen molar-refractivity contribution in [2.75, 3.05) is 11.7 Å². The van der Waals surface area contributed by atoms with Gasteiger partial charge < -0.3 is 10.2 Å². The van der Waals surface area contributed by atoms with Gasteiger partial charge in [-0.1, -0.05) is 47.5 Å². The fraction of sp³-hybridized carbons (Fsp3) is 0.222. The number of rotatable bonds is 11. The monoisotopic (exact) mass is 592 g/mol. The van der Waals surface area contributed by atoms with Crippen molar-refractivity contribution in [3.63, 3.8) is 0 Å². The molecule has 0 radical (unpaired) electrons. The van der Waals surface area contributed by atoms with Crippen molar-refractivity contribution in [1.29, 1.82) is 0 Å². The van der Waals surface area contributed by atoms with Crippen LogP contribution in [0.3, 0.4) is 0 Å². The molecule has 1 heterocycles. The molecule has 0 saturated carbocycles. The van der Waals surface area contributed by atoms with Crippen LogP contribution in [0, 0.1) is 13.8 Å². The Morgan fingerprint density at radius 1 is 0.909 bits per heavy atom. The number of hydroxylamine groups is 1. The number of fused-ring (bicyclic) bond motifs is 2. The van der Waals surface area contributed by atoms with Crippen LogP contribution in [0.5, 0.6) is 5.75 Å². The Bertz CT molecular complexity index is 1830. The molecule has 1 atom stereocenters. The fourth-order valence-electron chi connectivity index (χ4n) is 5.87. The summed E-state index contributed by atoms with van der Waals surface area (Å²) in [5.74, 6) is 5.42. The molecule has 4 N–H and O–H groups in total. The average molecular weight is 593 g/mol. The lowest BCUT2D eigenvalue weighted by Gasteiger charge is -2.28. The smallest absolute Gasteiger partial charge is 0.213 e. The van der Waals surface area contributed by atoms with Gasteiger partial charge in [0.25, 0.3) is 0 Å². The summed E-state index contributed by atoms with van der Waals surface area (Å²) in [5, 5.41) is 22.4. The molecule has 8 nitrogen and oxygen atoms in total. The molecule has 0 aliphatic carbocycles. The summed E-state index contributed by atoms with van der Waals surface area (Å²) in [4.78, 5) is 22.6. The number of para-hydroxylation sites is 1. The number of carbonyl (C=O) groups is 1. The van der Waals surface area contributed by atoms with Crippen molar-refractivity contribution in [3.8, 4) is 16.9 Å². The van der Waals surface area contributed by atoms with Crippen LogP contribution in [-0.4, -0.2) is 28.6 Å².